The van der Waals surface area contributed by atoms with Crippen molar-refractivity contribution in [2.45, 2.75) is 26.3 Å². The van der Waals surface area contributed by atoms with Crippen LogP contribution < -0.4 is 5.32 Å². The van der Waals surface area contributed by atoms with Crippen LogP contribution in [0.15, 0.2) is 24.3 Å². The molecule has 118 valence electrons. The predicted molar refractivity (Wildman–Crippen MR) is 88.8 cm³/mol. The van der Waals surface area contributed by atoms with Gasteiger partial charge in [0.15, 0.2) is 0 Å². The van der Waals surface area contributed by atoms with Crippen LogP contribution in [-0.4, -0.2) is 44.8 Å². The normalized spacial score (nSPS) is 22.7. The Labute approximate surface area is 133 Å². The van der Waals surface area contributed by atoms with E-state index in [9.17, 15) is 0 Å². The number of benzene rings is 1. The van der Waals surface area contributed by atoms with E-state index in [2.05, 4.69) is 30.3 Å². The number of nitrogens with one attached hydrogen (secondary N) is 1. The maximum absolute atomic E-state index is 6.07. The average Bonchev–Trinajstić information content (AvgIpc) is 2.46. The second kappa shape index (κ2) is 8.14. The Hall–Kier alpha value is -0.610. The van der Waals surface area contributed by atoms with Gasteiger partial charge in [-0.2, -0.15) is 0 Å². The van der Waals surface area contributed by atoms with Gasteiger partial charge in [-0.05, 0) is 44.1 Å². The van der Waals surface area contributed by atoms with Crippen molar-refractivity contribution in [2.75, 3.05) is 39.9 Å². The maximum atomic E-state index is 6.07. The van der Waals surface area contributed by atoms with Gasteiger partial charge in [0.25, 0.3) is 0 Å². The van der Waals surface area contributed by atoms with Gasteiger partial charge in [-0.3, -0.25) is 0 Å². The van der Waals surface area contributed by atoms with Gasteiger partial charge < -0.3 is 15.0 Å². The van der Waals surface area contributed by atoms with E-state index in [-0.39, 0.29) is 5.41 Å². The van der Waals surface area contributed by atoms with E-state index >= 15 is 0 Å². The Balaban J connectivity index is 1.95. The van der Waals surface area contributed by atoms with Crippen LogP contribution in [0.1, 0.15) is 25.3 Å². The fraction of sp³-hybridized carbons (Fsp3) is 0.647. The van der Waals surface area contributed by atoms with E-state index < -0.39 is 0 Å². The summed E-state index contributed by atoms with van der Waals surface area (Å²) in [5.41, 5.74) is 1.50. The third kappa shape index (κ3) is 5.26. The van der Waals surface area contributed by atoms with Crippen molar-refractivity contribution in [1.82, 2.24) is 10.2 Å². The number of hydrogen-bond acceptors (Lipinski definition) is 3. The number of halogens is 1. The first-order chi connectivity index (χ1) is 10.1. The fourth-order valence-corrected chi connectivity index (χ4v) is 3.41. The molecule has 0 radical (unpaired) electrons. The minimum Gasteiger partial charge on any atom is -0.381 e. The monoisotopic (exact) mass is 310 g/mol. The van der Waals surface area contributed by atoms with Crippen LogP contribution in [0.2, 0.25) is 5.02 Å². The molecule has 1 fully saturated rings. The first kappa shape index (κ1) is 16.8. The molecule has 0 bridgehead atoms. The van der Waals surface area contributed by atoms with Crippen molar-refractivity contribution in [1.29, 1.82) is 0 Å². The summed E-state index contributed by atoms with van der Waals surface area (Å²) in [6.45, 7) is 7.95. The van der Waals surface area contributed by atoms with Crippen LogP contribution in [0, 0.1) is 5.41 Å². The molecule has 1 saturated heterocycles. The minimum atomic E-state index is 0.238. The second-order valence-electron chi connectivity index (χ2n) is 6.24. The van der Waals surface area contributed by atoms with Crippen molar-refractivity contribution in [2.24, 2.45) is 5.41 Å². The lowest BCUT2D eigenvalue weighted by atomic mass is 9.81. The molecular weight excluding hydrogens is 284 g/mol. The van der Waals surface area contributed by atoms with Crippen LogP contribution in [0.5, 0.6) is 0 Å². The van der Waals surface area contributed by atoms with Crippen LogP contribution in [0.4, 0.5) is 0 Å². The molecule has 0 spiro atoms. The summed E-state index contributed by atoms with van der Waals surface area (Å²) in [7, 11) is 2.18. The highest BCUT2D eigenvalue weighted by molar-refractivity contribution is 6.30. The summed E-state index contributed by atoms with van der Waals surface area (Å²) >= 11 is 6.07. The van der Waals surface area contributed by atoms with Gasteiger partial charge in [0, 0.05) is 36.7 Å². The molecule has 0 saturated carbocycles. The zero-order chi connectivity index (χ0) is 15.1. The quantitative estimate of drug-likeness (QED) is 0.837. The lowest BCUT2D eigenvalue weighted by molar-refractivity contribution is -0.0234. The average molecular weight is 311 g/mol. The third-order valence-electron chi connectivity index (χ3n) is 4.10. The Morgan fingerprint density at radius 2 is 2.29 bits per heavy atom. The lowest BCUT2D eigenvalue weighted by Gasteiger charge is -2.40. The summed E-state index contributed by atoms with van der Waals surface area (Å²) < 4.78 is 5.76. The summed E-state index contributed by atoms with van der Waals surface area (Å²) in [5.74, 6) is 0. The molecule has 0 aliphatic carbocycles. The molecule has 3 nitrogen and oxygen atoms in total. The molecule has 1 N–H and O–H groups in total. The molecule has 1 unspecified atom stereocenters. The second-order valence-corrected chi connectivity index (χ2v) is 6.68. The lowest BCUT2D eigenvalue weighted by Crippen LogP contribution is -2.48. The zero-order valence-electron chi connectivity index (χ0n) is 13.2. The van der Waals surface area contributed by atoms with E-state index in [0.717, 1.165) is 50.8 Å². The van der Waals surface area contributed by atoms with E-state index in [4.69, 9.17) is 16.3 Å². The Kier molecular flexibility index (Phi) is 6.49. The highest BCUT2D eigenvalue weighted by Crippen LogP contribution is 2.29. The SMILES string of the molecule is CCNCC1(CN(C)Cc2cccc(Cl)c2)CCCOC1. The number of ether oxygens (including phenoxy) is 1. The number of nitrogens with zero attached hydrogens (tertiary/aromatic N) is 1. The van der Waals surface area contributed by atoms with Crippen molar-refractivity contribution < 1.29 is 4.74 Å². The Morgan fingerprint density at radius 1 is 1.43 bits per heavy atom. The smallest absolute Gasteiger partial charge is 0.0546 e. The van der Waals surface area contributed by atoms with Crippen LogP contribution in [-0.2, 0) is 11.3 Å². The van der Waals surface area contributed by atoms with Crippen molar-refractivity contribution >= 4 is 11.6 Å². The van der Waals surface area contributed by atoms with Crippen LogP contribution in [0.3, 0.4) is 0 Å². The van der Waals surface area contributed by atoms with Gasteiger partial charge in [0.1, 0.15) is 0 Å². The highest BCUT2D eigenvalue weighted by Gasteiger charge is 2.33. The fourth-order valence-electron chi connectivity index (χ4n) is 3.20. The first-order valence-electron chi connectivity index (χ1n) is 7.85. The Bertz CT molecular complexity index is 433. The summed E-state index contributed by atoms with van der Waals surface area (Å²) in [5, 5.41) is 4.32. The predicted octanol–water partition coefficient (Wildman–Crippen LogP) is 3.18. The van der Waals surface area contributed by atoms with Gasteiger partial charge in [-0.1, -0.05) is 30.7 Å². The summed E-state index contributed by atoms with van der Waals surface area (Å²) in [6.07, 6.45) is 2.40. The van der Waals surface area contributed by atoms with E-state index in [0.29, 0.717) is 0 Å². The van der Waals surface area contributed by atoms with Crippen molar-refractivity contribution in [3.63, 3.8) is 0 Å². The van der Waals surface area contributed by atoms with Gasteiger partial charge in [-0.25, -0.2) is 0 Å². The maximum Gasteiger partial charge on any atom is 0.0546 e. The molecule has 1 aliphatic heterocycles. The highest BCUT2D eigenvalue weighted by atomic mass is 35.5. The number of hydrogen-bond donors (Lipinski definition) is 1. The van der Waals surface area contributed by atoms with Gasteiger partial charge in [0.2, 0.25) is 0 Å². The number of rotatable bonds is 7. The summed E-state index contributed by atoms with van der Waals surface area (Å²) in [6, 6.07) is 8.12. The van der Waals surface area contributed by atoms with E-state index in [1.807, 2.05) is 18.2 Å². The molecule has 21 heavy (non-hydrogen) atoms. The van der Waals surface area contributed by atoms with Crippen molar-refractivity contribution in [3.8, 4) is 0 Å². The first-order valence-corrected chi connectivity index (χ1v) is 8.23. The van der Waals surface area contributed by atoms with Crippen molar-refractivity contribution in [3.05, 3.63) is 34.9 Å². The molecule has 0 amide bonds. The molecule has 1 heterocycles. The topological polar surface area (TPSA) is 24.5 Å². The molecule has 1 aliphatic rings. The zero-order valence-corrected chi connectivity index (χ0v) is 14.0. The molecule has 4 heteroatoms. The molecule has 1 aromatic carbocycles. The summed E-state index contributed by atoms with van der Waals surface area (Å²) in [4.78, 5) is 2.39. The minimum absolute atomic E-state index is 0.238. The van der Waals surface area contributed by atoms with Crippen LogP contribution in [0.25, 0.3) is 0 Å². The third-order valence-corrected chi connectivity index (χ3v) is 4.34. The molecule has 0 aromatic heterocycles. The molecule has 2 rings (SSSR count). The van der Waals surface area contributed by atoms with Gasteiger partial charge in [0.05, 0.1) is 6.61 Å². The standard InChI is InChI=1S/C17H27ClN2O/c1-3-19-12-17(8-5-9-21-14-17)13-20(2)11-15-6-4-7-16(18)10-15/h4,6-7,10,19H,3,5,8-9,11-14H2,1-2H3. The van der Waals surface area contributed by atoms with E-state index in [1.54, 1.807) is 0 Å². The van der Waals surface area contributed by atoms with E-state index in [1.165, 1.54) is 12.0 Å². The largest absolute Gasteiger partial charge is 0.381 e. The van der Waals surface area contributed by atoms with Gasteiger partial charge >= 0.3 is 0 Å². The Morgan fingerprint density at radius 3 is 2.95 bits per heavy atom. The molecule has 1 aromatic rings. The van der Waals surface area contributed by atoms with Crippen LogP contribution >= 0.6 is 11.6 Å². The van der Waals surface area contributed by atoms with Gasteiger partial charge in [-0.15, -0.1) is 0 Å². The molecular formula is C17H27ClN2O. The molecule has 1 atom stereocenters.